The number of nitrogens with zero attached hydrogens (tertiary/aromatic N) is 6. The summed E-state index contributed by atoms with van der Waals surface area (Å²) in [6.07, 6.45) is 4.78. The molecular formula is C18H16N6O2. The van der Waals surface area contributed by atoms with Crippen LogP contribution in [0.2, 0.25) is 0 Å². The Morgan fingerprint density at radius 3 is 2.65 bits per heavy atom. The SMILES string of the molecule is CN(Cc1cc(-c2ccccc2)no1)Cc1nc(-c2cnccn2)no1. The van der Waals surface area contributed by atoms with Crippen LogP contribution in [0.4, 0.5) is 0 Å². The zero-order valence-corrected chi connectivity index (χ0v) is 14.1. The van der Waals surface area contributed by atoms with E-state index in [4.69, 9.17) is 9.05 Å². The Balaban J connectivity index is 1.40. The molecule has 0 N–H and O–H groups in total. The molecule has 8 nitrogen and oxygen atoms in total. The van der Waals surface area contributed by atoms with Gasteiger partial charge in [0, 0.05) is 24.0 Å². The van der Waals surface area contributed by atoms with Crippen molar-refractivity contribution in [3.05, 3.63) is 66.6 Å². The van der Waals surface area contributed by atoms with Crippen LogP contribution in [0, 0.1) is 0 Å². The minimum atomic E-state index is 0.424. The van der Waals surface area contributed by atoms with Crippen LogP contribution in [0.1, 0.15) is 11.7 Å². The fraction of sp³-hybridized carbons (Fsp3) is 0.167. The fourth-order valence-electron chi connectivity index (χ4n) is 2.52. The molecule has 0 saturated heterocycles. The van der Waals surface area contributed by atoms with Gasteiger partial charge in [-0.15, -0.1) is 0 Å². The lowest BCUT2D eigenvalue weighted by atomic mass is 10.1. The highest BCUT2D eigenvalue weighted by Crippen LogP contribution is 2.19. The van der Waals surface area contributed by atoms with Crippen molar-refractivity contribution < 1.29 is 9.05 Å². The number of hydrogen-bond donors (Lipinski definition) is 0. The Labute approximate surface area is 149 Å². The van der Waals surface area contributed by atoms with Gasteiger partial charge in [0.15, 0.2) is 5.76 Å². The van der Waals surface area contributed by atoms with Crippen molar-refractivity contribution in [2.45, 2.75) is 13.1 Å². The molecule has 0 aliphatic heterocycles. The second-order valence-electron chi connectivity index (χ2n) is 5.82. The van der Waals surface area contributed by atoms with E-state index in [0.717, 1.165) is 17.0 Å². The number of benzene rings is 1. The molecule has 3 heterocycles. The zero-order chi connectivity index (χ0) is 17.8. The van der Waals surface area contributed by atoms with E-state index in [2.05, 4.69) is 25.3 Å². The highest BCUT2D eigenvalue weighted by atomic mass is 16.5. The quantitative estimate of drug-likeness (QED) is 0.525. The molecule has 0 unspecified atom stereocenters. The minimum Gasteiger partial charge on any atom is -0.359 e. The number of hydrogen-bond acceptors (Lipinski definition) is 8. The standard InChI is InChI=1S/C18H16N6O2/c1-24(11-14-9-15(22-25-14)13-5-3-2-4-6-13)12-17-21-18(23-26-17)16-10-19-7-8-20-16/h2-10H,11-12H2,1H3. The largest absolute Gasteiger partial charge is 0.359 e. The Bertz CT molecular complexity index is 888. The van der Waals surface area contributed by atoms with Crippen molar-refractivity contribution >= 4 is 0 Å². The molecule has 1 aromatic carbocycles. The van der Waals surface area contributed by atoms with Crippen molar-refractivity contribution in [2.24, 2.45) is 0 Å². The molecule has 4 rings (SSSR count). The van der Waals surface area contributed by atoms with Crippen LogP contribution in [0.25, 0.3) is 22.8 Å². The Morgan fingerprint density at radius 1 is 0.962 bits per heavy atom. The lowest BCUT2D eigenvalue weighted by Crippen LogP contribution is -2.17. The molecule has 0 aliphatic rings. The van der Waals surface area contributed by atoms with Gasteiger partial charge >= 0.3 is 0 Å². The van der Waals surface area contributed by atoms with Crippen LogP contribution in [-0.2, 0) is 13.1 Å². The summed E-state index contributed by atoms with van der Waals surface area (Å²) in [5.74, 6) is 1.68. The first-order valence-corrected chi connectivity index (χ1v) is 8.06. The van der Waals surface area contributed by atoms with Gasteiger partial charge in [-0.1, -0.05) is 40.6 Å². The topological polar surface area (TPSA) is 94.0 Å². The highest BCUT2D eigenvalue weighted by Gasteiger charge is 2.14. The molecule has 0 radical (unpaired) electrons. The molecule has 0 spiro atoms. The average Bonchev–Trinajstić information content (AvgIpc) is 3.33. The summed E-state index contributed by atoms with van der Waals surface area (Å²) in [6, 6.07) is 11.8. The number of aromatic nitrogens is 5. The molecule has 0 atom stereocenters. The van der Waals surface area contributed by atoms with E-state index < -0.39 is 0 Å². The second kappa shape index (κ2) is 7.24. The van der Waals surface area contributed by atoms with E-state index in [9.17, 15) is 0 Å². The number of rotatable bonds is 6. The molecular weight excluding hydrogens is 332 g/mol. The summed E-state index contributed by atoms with van der Waals surface area (Å²) in [5.41, 5.74) is 2.42. The molecule has 8 heteroatoms. The second-order valence-corrected chi connectivity index (χ2v) is 5.82. The maximum atomic E-state index is 5.43. The average molecular weight is 348 g/mol. The van der Waals surface area contributed by atoms with Gasteiger partial charge < -0.3 is 9.05 Å². The minimum absolute atomic E-state index is 0.424. The first kappa shape index (κ1) is 16.1. The van der Waals surface area contributed by atoms with Crippen LogP contribution < -0.4 is 0 Å². The highest BCUT2D eigenvalue weighted by molar-refractivity contribution is 5.58. The molecule has 130 valence electrons. The van der Waals surface area contributed by atoms with Gasteiger partial charge in [-0.05, 0) is 7.05 Å². The lowest BCUT2D eigenvalue weighted by molar-refractivity contribution is 0.234. The molecule has 3 aromatic heterocycles. The summed E-state index contributed by atoms with van der Waals surface area (Å²) in [6.45, 7) is 1.05. The molecule has 26 heavy (non-hydrogen) atoms. The van der Waals surface area contributed by atoms with Gasteiger partial charge in [0.05, 0.1) is 19.3 Å². The van der Waals surface area contributed by atoms with E-state index in [1.807, 2.05) is 48.3 Å². The third-order valence-electron chi connectivity index (χ3n) is 3.72. The van der Waals surface area contributed by atoms with E-state index in [1.165, 1.54) is 0 Å². The van der Waals surface area contributed by atoms with Crippen LogP contribution in [-0.4, -0.2) is 37.2 Å². The van der Waals surface area contributed by atoms with Gasteiger partial charge in [0.2, 0.25) is 11.7 Å². The van der Waals surface area contributed by atoms with Crippen molar-refractivity contribution in [1.29, 1.82) is 0 Å². The van der Waals surface area contributed by atoms with Crippen molar-refractivity contribution in [2.75, 3.05) is 7.05 Å². The molecule has 4 aromatic rings. The lowest BCUT2D eigenvalue weighted by Gasteiger charge is -2.10. The van der Waals surface area contributed by atoms with Crippen molar-refractivity contribution in [3.63, 3.8) is 0 Å². The summed E-state index contributed by atoms with van der Waals surface area (Å²) >= 11 is 0. The van der Waals surface area contributed by atoms with E-state index >= 15 is 0 Å². The van der Waals surface area contributed by atoms with E-state index in [0.29, 0.717) is 30.5 Å². The van der Waals surface area contributed by atoms with Gasteiger partial charge in [0.25, 0.3) is 0 Å². The third kappa shape index (κ3) is 3.65. The summed E-state index contributed by atoms with van der Waals surface area (Å²) < 4.78 is 10.7. The van der Waals surface area contributed by atoms with Gasteiger partial charge in [-0.2, -0.15) is 4.98 Å². The van der Waals surface area contributed by atoms with Crippen molar-refractivity contribution in [3.8, 4) is 22.8 Å². The Morgan fingerprint density at radius 2 is 1.85 bits per heavy atom. The summed E-state index contributed by atoms with van der Waals surface area (Å²) in [5, 5.41) is 8.06. The molecule has 0 saturated carbocycles. The van der Waals surface area contributed by atoms with Crippen LogP contribution in [0.15, 0.2) is 64.0 Å². The van der Waals surface area contributed by atoms with Gasteiger partial charge in [0.1, 0.15) is 11.4 Å². The zero-order valence-electron chi connectivity index (χ0n) is 14.1. The summed E-state index contributed by atoms with van der Waals surface area (Å²) in [4.78, 5) is 14.5. The predicted molar refractivity (Wildman–Crippen MR) is 92.4 cm³/mol. The molecule has 0 amide bonds. The van der Waals surface area contributed by atoms with Crippen molar-refractivity contribution in [1.82, 2.24) is 30.2 Å². The van der Waals surface area contributed by atoms with Crippen LogP contribution in [0.5, 0.6) is 0 Å². The Kier molecular flexibility index (Phi) is 4.48. The van der Waals surface area contributed by atoms with E-state index in [-0.39, 0.29) is 0 Å². The fourth-order valence-corrected chi connectivity index (χ4v) is 2.52. The molecule has 0 fully saturated rings. The normalized spacial score (nSPS) is 11.2. The van der Waals surface area contributed by atoms with Crippen LogP contribution in [0.3, 0.4) is 0 Å². The first-order chi connectivity index (χ1) is 12.8. The van der Waals surface area contributed by atoms with Crippen LogP contribution >= 0.6 is 0 Å². The summed E-state index contributed by atoms with van der Waals surface area (Å²) in [7, 11) is 1.94. The molecule has 0 bridgehead atoms. The van der Waals surface area contributed by atoms with Gasteiger partial charge in [-0.3, -0.25) is 9.88 Å². The third-order valence-corrected chi connectivity index (χ3v) is 3.72. The van der Waals surface area contributed by atoms with Gasteiger partial charge in [-0.25, -0.2) is 4.98 Å². The van der Waals surface area contributed by atoms with E-state index in [1.54, 1.807) is 18.6 Å². The maximum Gasteiger partial charge on any atom is 0.241 e. The predicted octanol–water partition coefficient (Wildman–Crippen LogP) is 2.81. The Hall–Kier alpha value is -3.39. The monoisotopic (exact) mass is 348 g/mol. The maximum absolute atomic E-state index is 5.43. The first-order valence-electron chi connectivity index (χ1n) is 8.06. The molecule has 0 aliphatic carbocycles. The smallest absolute Gasteiger partial charge is 0.241 e.